The number of anilines is 1. The summed E-state index contributed by atoms with van der Waals surface area (Å²) < 4.78 is 26.8. The highest BCUT2D eigenvalue weighted by molar-refractivity contribution is 7.89. The third-order valence-electron chi connectivity index (χ3n) is 5.03. The fourth-order valence-corrected chi connectivity index (χ4v) is 4.94. The number of halogens is 2. The van der Waals surface area contributed by atoms with Gasteiger partial charge in [-0.2, -0.15) is 4.31 Å². The van der Waals surface area contributed by atoms with Crippen LogP contribution in [0, 0.1) is 6.92 Å². The Hall–Kier alpha value is -1.06. The Labute approximate surface area is 180 Å². The molecule has 2 aliphatic rings. The molecule has 1 N–H and O–H groups in total. The van der Waals surface area contributed by atoms with Crippen LogP contribution in [0.3, 0.4) is 0 Å². The van der Waals surface area contributed by atoms with Crippen molar-refractivity contribution in [3.05, 3.63) is 29.8 Å². The number of hydrogen-bond acceptors (Lipinski definition) is 5. The molecule has 28 heavy (non-hydrogen) atoms. The summed E-state index contributed by atoms with van der Waals surface area (Å²) in [6.45, 7) is 8.01. The summed E-state index contributed by atoms with van der Waals surface area (Å²) in [5.41, 5.74) is 2.31. The molecule has 2 aliphatic heterocycles. The molecule has 0 bridgehead atoms. The number of benzene rings is 1. The molecule has 0 aromatic heterocycles. The van der Waals surface area contributed by atoms with Crippen LogP contribution in [0.2, 0.25) is 0 Å². The molecular formula is C18H30Cl2N4O3S. The van der Waals surface area contributed by atoms with E-state index in [1.165, 1.54) is 9.87 Å². The quantitative estimate of drug-likeness (QED) is 0.740. The second-order valence-electron chi connectivity index (χ2n) is 7.18. The van der Waals surface area contributed by atoms with Gasteiger partial charge in [-0.25, -0.2) is 8.42 Å². The molecular weight excluding hydrogens is 423 g/mol. The van der Waals surface area contributed by atoms with Gasteiger partial charge in [0.05, 0.1) is 0 Å². The molecule has 1 unspecified atom stereocenters. The number of aryl methyl sites for hydroxylation is 1. The first kappa shape index (κ1) is 25.0. The van der Waals surface area contributed by atoms with Crippen LogP contribution in [-0.4, -0.2) is 81.1 Å². The largest absolute Gasteiger partial charge is 0.369 e. The number of nitrogens with one attached hydrogen (secondary N) is 1. The minimum Gasteiger partial charge on any atom is -0.369 e. The van der Waals surface area contributed by atoms with E-state index < -0.39 is 15.8 Å². The predicted molar refractivity (Wildman–Crippen MR) is 117 cm³/mol. The van der Waals surface area contributed by atoms with Crippen molar-refractivity contribution >= 4 is 46.4 Å². The molecule has 0 radical (unpaired) electrons. The van der Waals surface area contributed by atoms with E-state index in [1.807, 2.05) is 32.0 Å². The number of carbonyl (C=O) groups excluding carboxylic acids is 1. The lowest BCUT2D eigenvalue weighted by atomic mass is 10.2. The predicted octanol–water partition coefficient (Wildman–Crippen LogP) is 1.11. The molecule has 0 saturated carbocycles. The van der Waals surface area contributed by atoms with Crippen LogP contribution in [0.5, 0.6) is 0 Å². The lowest BCUT2D eigenvalue weighted by Gasteiger charge is -2.36. The van der Waals surface area contributed by atoms with E-state index in [-0.39, 0.29) is 36.8 Å². The van der Waals surface area contributed by atoms with Gasteiger partial charge in [0.2, 0.25) is 15.9 Å². The highest BCUT2D eigenvalue weighted by Gasteiger charge is 2.31. The van der Waals surface area contributed by atoms with Gasteiger partial charge in [0.15, 0.2) is 0 Å². The number of carbonyl (C=O) groups is 1. The molecule has 1 atom stereocenters. The minimum absolute atomic E-state index is 0. The van der Waals surface area contributed by atoms with Gasteiger partial charge in [0, 0.05) is 57.5 Å². The molecule has 1 aromatic carbocycles. The maximum atomic E-state index is 12.7. The maximum absolute atomic E-state index is 12.7. The molecule has 10 heteroatoms. The van der Waals surface area contributed by atoms with Crippen molar-refractivity contribution in [2.45, 2.75) is 19.9 Å². The van der Waals surface area contributed by atoms with Gasteiger partial charge in [-0.15, -0.1) is 24.8 Å². The number of nitrogens with zero attached hydrogens (tertiary/aromatic N) is 3. The smallest absolute Gasteiger partial charge is 0.239 e. The summed E-state index contributed by atoms with van der Waals surface area (Å²) in [7, 11) is -3.57. The second kappa shape index (κ2) is 10.6. The van der Waals surface area contributed by atoms with E-state index in [4.69, 9.17) is 0 Å². The van der Waals surface area contributed by atoms with Gasteiger partial charge >= 0.3 is 0 Å². The SMILES string of the molecule is Cc1cccc(N2CCN(S(=O)(=O)CC(=O)N3CCNC(C)C3)CC2)c1.Cl.Cl. The van der Waals surface area contributed by atoms with Gasteiger partial charge in [-0.1, -0.05) is 12.1 Å². The van der Waals surface area contributed by atoms with Gasteiger partial charge in [0.25, 0.3) is 0 Å². The first-order valence-corrected chi connectivity index (χ1v) is 10.8. The number of sulfonamides is 1. The van der Waals surface area contributed by atoms with Gasteiger partial charge in [-0.05, 0) is 31.5 Å². The van der Waals surface area contributed by atoms with E-state index in [0.717, 1.165) is 5.69 Å². The molecule has 1 aromatic rings. The van der Waals surface area contributed by atoms with Crippen molar-refractivity contribution in [2.24, 2.45) is 0 Å². The van der Waals surface area contributed by atoms with Crippen LogP contribution in [0.1, 0.15) is 12.5 Å². The van der Waals surface area contributed by atoms with Crippen LogP contribution >= 0.6 is 24.8 Å². The molecule has 2 fully saturated rings. The Bertz CT molecular complexity index is 755. The van der Waals surface area contributed by atoms with Crippen molar-refractivity contribution in [3.8, 4) is 0 Å². The van der Waals surface area contributed by atoms with Crippen molar-refractivity contribution in [1.29, 1.82) is 0 Å². The average Bonchev–Trinajstić information content (AvgIpc) is 2.61. The first-order chi connectivity index (χ1) is 12.3. The van der Waals surface area contributed by atoms with Crippen molar-refractivity contribution < 1.29 is 13.2 Å². The van der Waals surface area contributed by atoms with Gasteiger partial charge < -0.3 is 15.1 Å². The number of piperazine rings is 2. The van der Waals surface area contributed by atoms with E-state index in [1.54, 1.807) is 4.90 Å². The fraction of sp³-hybridized carbons (Fsp3) is 0.611. The minimum atomic E-state index is -3.57. The van der Waals surface area contributed by atoms with Crippen LogP contribution < -0.4 is 10.2 Å². The summed E-state index contributed by atoms with van der Waals surface area (Å²) in [5.74, 6) is -0.719. The number of amides is 1. The zero-order valence-electron chi connectivity index (χ0n) is 16.3. The molecule has 3 rings (SSSR count). The maximum Gasteiger partial charge on any atom is 0.239 e. The Morgan fingerprint density at radius 2 is 1.82 bits per heavy atom. The Balaban J connectivity index is 0.00000196. The molecule has 1 amide bonds. The second-order valence-corrected chi connectivity index (χ2v) is 9.15. The van der Waals surface area contributed by atoms with Crippen molar-refractivity contribution in [3.63, 3.8) is 0 Å². The molecule has 0 aliphatic carbocycles. The summed E-state index contributed by atoms with van der Waals surface area (Å²) in [6, 6.07) is 8.42. The summed E-state index contributed by atoms with van der Waals surface area (Å²) >= 11 is 0. The molecule has 0 spiro atoms. The Morgan fingerprint density at radius 3 is 2.43 bits per heavy atom. The van der Waals surface area contributed by atoms with Gasteiger partial charge in [-0.3, -0.25) is 4.79 Å². The van der Waals surface area contributed by atoms with Crippen LogP contribution in [-0.2, 0) is 14.8 Å². The van der Waals surface area contributed by atoms with Crippen molar-refractivity contribution in [1.82, 2.24) is 14.5 Å². The van der Waals surface area contributed by atoms with E-state index >= 15 is 0 Å². The number of hydrogen-bond donors (Lipinski definition) is 1. The summed E-state index contributed by atoms with van der Waals surface area (Å²) in [5, 5.41) is 3.26. The van der Waals surface area contributed by atoms with E-state index in [2.05, 4.69) is 16.3 Å². The molecule has 2 saturated heterocycles. The summed E-state index contributed by atoms with van der Waals surface area (Å²) in [6.07, 6.45) is 0. The van der Waals surface area contributed by atoms with E-state index in [9.17, 15) is 13.2 Å². The van der Waals surface area contributed by atoms with Crippen LogP contribution in [0.4, 0.5) is 5.69 Å². The lowest BCUT2D eigenvalue weighted by molar-refractivity contribution is -0.129. The highest BCUT2D eigenvalue weighted by Crippen LogP contribution is 2.19. The molecule has 160 valence electrons. The third-order valence-corrected chi connectivity index (χ3v) is 6.79. The van der Waals surface area contributed by atoms with Crippen LogP contribution in [0.15, 0.2) is 24.3 Å². The normalized spacial score (nSPS) is 20.9. The van der Waals surface area contributed by atoms with E-state index in [0.29, 0.717) is 45.8 Å². The lowest BCUT2D eigenvalue weighted by Crippen LogP contribution is -2.54. The summed E-state index contributed by atoms with van der Waals surface area (Å²) in [4.78, 5) is 16.3. The Morgan fingerprint density at radius 1 is 1.14 bits per heavy atom. The number of rotatable bonds is 4. The highest BCUT2D eigenvalue weighted by atomic mass is 35.5. The zero-order valence-corrected chi connectivity index (χ0v) is 18.8. The molecule has 7 nitrogen and oxygen atoms in total. The third kappa shape index (κ3) is 6.22. The monoisotopic (exact) mass is 452 g/mol. The molecule has 2 heterocycles. The average molecular weight is 453 g/mol. The zero-order chi connectivity index (χ0) is 18.7. The topological polar surface area (TPSA) is 73.0 Å². The fourth-order valence-electron chi connectivity index (χ4n) is 3.55. The Kier molecular flexibility index (Phi) is 9.49. The van der Waals surface area contributed by atoms with Crippen LogP contribution in [0.25, 0.3) is 0 Å². The standard InChI is InChI=1S/C18H28N4O3S.2ClH/c1-15-4-3-5-17(12-15)20-8-10-22(11-9-20)26(24,25)14-18(23)21-7-6-19-16(2)13-21;;/h3-5,12,16,19H,6-11,13-14H2,1-2H3;2*1H. The van der Waals surface area contributed by atoms with Gasteiger partial charge in [0.1, 0.15) is 5.75 Å². The first-order valence-electron chi connectivity index (χ1n) is 9.16. The van der Waals surface area contributed by atoms with Crippen molar-refractivity contribution in [2.75, 3.05) is 56.5 Å².